The lowest BCUT2D eigenvalue weighted by Gasteiger charge is -2.04. The smallest absolute Gasteiger partial charge is 0.255 e. The van der Waals surface area contributed by atoms with Crippen LogP contribution in [0.2, 0.25) is 5.15 Å². The van der Waals surface area contributed by atoms with Gasteiger partial charge in [0.05, 0.1) is 11.4 Å². The first-order valence-electron chi connectivity index (χ1n) is 5.55. The van der Waals surface area contributed by atoms with E-state index in [-0.39, 0.29) is 5.91 Å². The Morgan fingerprint density at radius 2 is 2.33 bits per heavy atom. The third-order valence-corrected chi connectivity index (χ3v) is 2.68. The molecule has 0 atom stereocenters. The fourth-order valence-electron chi connectivity index (χ4n) is 1.64. The zero-order valence-electron chi connectivity index (χ0n) is 10.1. The number of nitrogens with zero attached hydrogens (tertiary/aromatic N) is 3. The monoisotopic (exact) mass is 264 g/mol. The van der Waals surface area contributed by atoms with Crippen LogP contribution in [0.5, 0.6) is 0 Å². The number of amides is 1. The Balaban J connectivity index is 2.21. The molecule has 0 aliphatic carbocycles. The summed E-state index contributed by atoms with van der Waals surface area (Å²) >= 11 is 5.75. The van der Waals surface area contributed by atoms with E-state index in [0.717, 1.165) is 17.8 Å². The number of carbonyl (C=O) groups excluding carboxylic acids is 1. The Bertz CT molecular complexity index is 579. The first kappa shape index (κ1) is 12.6. The maximum Gasteiger partial charge on any atom is 0.255 e. The number of rotatable bonds is 3. The zero-order chi connectivity index (χ0) is 13.1. The molecule has 6 heteroatoms. The Morgan fingerprint density at radius 3 is 3.00 bits per heavy atom. The molecule has 0 aliphatic rings. The number of carbonyl (C=O) groups is 1. The van der Waals surface area contributed by atoms with Crippen LogP contribution in [0.4, 0.5) is 5.69 Å². The number of aryl methyl sites for hydroxylation is 2. The quantitative estimate of drug-likeness (QED) is 0.866. The standard InChI is InChI=1S/C12H13ClN4O/c1-3-9-10(7-17(2)16-9)15-12(18)8-4-5-14-11(13)6-8/h4-7H,3H2,1-2H3,(H,15,18). The van der Waals surface area contributed by atoms with Crippen LogP contribution >= 0.6 is 11.6 Å². The maximum absolute atomic E-state index is 12.0. The number of aromatic nitrogens is 3. The van der Waals surface area contributed by atoms with E-state index in [9.17, 15) is 4.79 Å². The molecule has 0 spiro atoms. The number of anilines is 1. The minimum absolute atomic E-state index is 0.220. The second kappa shape index (κ2) is 5.18. The van der Waals surface area contributed by atoms with Crippen molar-refractivity contribution in [1.29, 1.82) is 0 Å². The summed E-state index contributed by atoms with van der Waals surface area (Å²) in [5, 5.41) is 7.37. The summed E-state index contributed by atoms with van der Waals surface area (Å²) in [4.78, 5) is 15.8. The molecule has 0 aromatic carbocycles. The number of hydrogen-bond donors (Lipinski definition) is 1. The molecule has 0 saturated heterocycles. The highest BCUT2D eigenvalue weighted by Crippen LogP contribution is 2.15. The molecular formula is C12H13ClN4O. The molecule has 2 aromatic heterocycles. The second-order valence-corrected chi connectivity index (χ2v) is 4.23. The van der Waals surface area contributed by atoms with Gasteiger partial charge in [-0.1, -0.05) is 18.5 Å². The Kier molecular flexibility index (Phi) is 3.62. The van der Waals surface area contributed by atoms with Crippen LogP contribution < -0.4 is 5.32 Å². The van der Waals surface area contributed by atoms with Crippen molar-refractivity contribution >= 4 is 23.2 Å². The molecule has 94 valence electrons. The van der Waals surface area contributed by atoms with Gasteiger partial charge in [-0.2, -0.15) is 5.10 Å². The van der Waals surface area contributed by atoms with E-state index in [4.69, 9.17) is 11.6 Å². The van der Waals surface area contributed by atoms with Gasteiger partial charge in [0.15, 0.2) is 0 Å². The topological polar surface area (TPSA) is 59.8 Å². The largest absolute Gasteiger partial charge is 0.319 e. The predicted octanol–water partition coefficient (Wildman–Crippen LogP) is 2.28. The zero-order valence-corrected chi connectivity index (χ0v) is 10.9. The Morgan fingerprint density at radius 1 is 1.56 bits per heavy atom. The van der Waals surface area contributed by atoms with Gasteiger partial charge < -0.3 is 5.32 Å². The van der Waals surface area contributed by atoms with Crippen molar-refractivity contribution in [3.8, 4) is 0 Å². The van der Waals surface area contributed by atoms with Crippen LogP contribution in [0.15, 0.2) is 24.5 Å². The van der Waals surface area contributed by atoms with E-state index >= 15 is 0 Å². The van der Waals surface area contributed by atoms with Crippen molar-refractivity contribution in [2.75, 3.05) is 5.32 Å². The third-order valence-electron chi connectivity index (χ3n) is 2.48. The number of hydrogen-bond acceptors (Lipinski definition) is 3. The molecule has 0 saturated carbocycles. The number of nitrogens with one attached hydrogen (secondary N) is 1. The summed E-state index contributed by atoms with van der Waals surface area (Å²) in [6.07, 6.45) is 4.04. The van der Waals surface area contributed by atoms with E-state index < -0.39 is 0 Å². The highest BCUT2D eigenvalue weighted by molar-refractivity contribution is 6.29. The normalized spacial score (nSPS) is 10.4. The summed E-state index contributed by atoms with van der Waals surface area (Å²) in [5.41, 5.74) is 2.05. The summed E-state index contributed by atoms with van der Waals surface area (Å²) in [7, 11) is 1.82. The first-order valence-corrected chi connectivity index (χ1v) is 5.93. The van der Waals surface area contributed by atoms with Crippen molar-refractivity contribution in [1.82, 2.24) is 14.8 Å². The maximum atomic E-state index is 12.0. The van der Waals surface area contributed by atoms with Crippen molar-refractivity contribution in [2.24, 2.45) is 7.05 Å². The highest BCUT2D eigenvalue weighted by Gasteiger charge is 2.11. The summed E-state index contributed by atoms with van der Waals surface area (Å²) in [6, 6.07) is 3.14. The molecule has 2 rings (SSSR count). The molecule has 1 N–H and O–H groups in total. The SMILES string of the molecule is CCc1nn(C)cc1NC(=O)c1ccnc(Cl)c1. The van der Waals surface area contributed by atoms with E-state index in [2.05, 4.69) is 15.4 Å². The minimum atomic E-state index is -0.220. The van der Waals surface area contributed by atoms with Crippen LogP contribution in [-0.4, -0.2) is 20.7 Å². The van der Waals surface area contributed by atoms with Crippen LogP contribution in [0.3, 0.4) is 0 Å². The van der Waals surface area contributed by atoms with Gasteiger partial charge in [-0.05, 0) is 18.6 Å². The van der Waals surface area contributed by atoms with E-state index in [1.807, 2.05) is 14.0 Å². The van der Waals surface area contributed by atoms with Crippen molar-refractivity contribution in [2.45, 2.75) is 13.3 Å². The lowest BCUT2D eigenvalue weighted by Crippen LogP contribution is -2.12. The fourth-order valence-corrected chi connectivity index (χ4v) is 1.81. The molecule has 0 radical (unpaired) electrons. The lowest BCUT2D eigenvalue weighted by molar-refractivity contribution is 0.102. The fraction of sp³-hybridized carbons (Fsp3) is 0.250. The van der Waals surface area contributed by atoms with E-state index in [1.165, 1.54) is 12.3 Å². The molecule has 0 bridgehead atoms. The van der Waals surface area contributed by atoms with Gasteiger partial charge >= 0.3 is 0 Å². The third kappa shape index (κ3) is 2.68. The van der Waals surface area contributed by atoms with Gasteiger partial charge in [-0.3, -0.25) is 9.48 Å². The van der Waals surface area contributed by atoms with E-state index in [0.29, 0.717) is 10.7 Å². The van der Waals surface area contributed by atoms with Crippen LogP contribution in [0.25, 0.3) is 0 Å². The molecule has 0 aliphatic heterocycles. The minimum Gasteiger partial charge on any atom is -0.319 e. The van der Waals surface area contributed by atoms with Crippen molar-refractivity contribution < 1.29 is 4.79 Å². The molecule has 5 nitrogen and oxygen atoms in total. The average molecular weight is 265 g/mol. The van der Waals surface area contributed by atoms with Crippen molar-refractivity contribution in [3.05, 3.63) is 40.9 Å². The first-order chi connectivity index (χ1) is 8.60. The van der Waals surface area contributed by atoms with E-state index in [1.54, 1.807) is 16.9 Å². The molecule has 2 heterocycles. The molecule has 0 fully saturated rings. The van der Waals surface area contributed by atoms with Gasteiger partial charge in [0.1, 0.15) is 5.15 Å². The summed E-state index contributed by atoms with van der Waals surface area (Å²) in [6.45, 7) is 1.99. The van der Waals surface area contributed by atoms with Crippen LogP contribution in [0, 0.1) is 0 Å². The molecule has 18 heavy (non-hydrogen) atoms. The predicted molar refractivity (Wildman–Crippen MR) is 69.8 cm³/mol. The van der Waals surface area contributed by atoms with Gasteiger partial charge in [0.2, 0.25) is 0 Å². The molecule has 1 amide bonds. The summed E-state index contributed by atoms with van der Waals surface area (Å²) in [5.74, 6) is -0.220. The molecule has 2 aromatic rings. The van der Waals surface area contributed by atoms with Gasteiger partial charge in [0.25, 0.3) is 5.91 Å². The van der Waals surface area contributed by atoms with Crippen LogP contribution in [-0.2, 0) is 13.5 Å². The lowest BCUT2D eigenvalue weighted by atomic mass is 10.2. The molecule has 0 unspecified atom stereocenters. The van der Waals surface area contributed by atoms with Crippen molar-refractivity contribution in [3.63, 3.8) is 0 Å². The van der Waals surface area contributed by atoms with Gasteiger partial charge in [0, 0.05) is 25.0 Å². The average Bonchev–Trinajstić information content (AvgIpc) is 2.69. The number of pyridine rings is 1. The second-order valence-electron chi connectivity index (χ2n) is 3.84. The van der Waals surface area contributed by atoms with Gasteiger partial charge in [-0.15, -0.1) is 0 Å². The number of halogens is 1. The highest BCUT2D eigenvalue weighted by atomic mass is 35.5. The molecular weight excluding hydrogens is 252 g/mol. The van der Waals surface area contributed by atoms with Crippen LogP contribution in [0.1, 0.15) is 23.0 Å². The van der Waals surface area contributed by atoms with Gasteiger partial charge in [-0.25, -0.2) is 4.98 Å². The Hall–Kier alpha value is -1.88. The Labute approximate surface area is 110 Å². The summed E-state index contributed by atoms with van der Waals surface area (Å²) < 4.78 is 1.67.